The van der Waals surface area contributed by atoms with Gasteiger partial charge in [-0.2, -0.15) is 0 Å². The van der Waals surface area contributed by atoms with E-state index in [0.717, 1.165) is 6.92 Å². The van der Waals surface area contributed by atoms with E-state index in [1.54, 1.807) is 6.92 Å². The number of aliphatic hydroxyl groups excluding tert-OH is 1. The van der Waals surface area contributed by atoms with Gasteiger partial charge in [0.25, 0.3) is 5.92 Å². The van der Waals surface area contributed by atoms with Crippen LogP contribution in [-0.2, 0) is 5.92 Å². The minimum Gasteiger partial charge on any atom is -0.493 e. The summed E-state index contributed by atoms with van der Waals surface area (Å²) < 4.78 is 37.3. The predicted molar refractivity (Wildman–Crippen MR) is 64.6 cm³/mol. The van der Waals surface area contributed by atoms with Crippen LogP contribution in [0.25, 0.3) is 0 Å². The van der Waals surface area contributed by atoms with Crippen molar-refractivity contribution in [2.75, 3.05) is 20.8 Å². The zero-order valence-corrected chi connectivity index (χ0v) is 11.0. The van der Waals surface area contributed by atoms with Crippen LogP contribution in [0.5, 0.6) is 11.5 Å². The normalized spacial score (nSPS) is 13.3. The highest BCUT2D eigenvalue weighted by molar-refractivity contribution is 5.50. The Morgan fingerprint density at radius 1 is 1.22 bits per heavy atom. The Bertz CT molecular complexity index is 413. The molecule has 1 rings (SSSR count). The van der Waals surface area contributed by atoms with E-state index in [1.807, 2.05) is 0 Å². The summed E-state index contributed by atoms with van der Waals surface area (Å²) in [5.74, 6) is -2.77. The van der Waals surface area contributed by atoms with Crippen molar-refractivity contribution in [2.24, 2.45) is 0 Å². The second-order valence-electron chi connectivity index (χ2n) is 4.27. The SMILES string of the molecule is COc1cc(C(C)CO)c(C(C)(F)F)cc1OC. The summed E-state index contributed by atoms with van der Waals surface area (Å²) in [6, 6.07) is 2.76. The van der Waals surface area contributed by atoms with E-state index in [4.69, 9.17) is 14.6 Å². The molecule has 0 saturated heterocycles. The number of hydrogen-bond donors (Lipinski definition) is 1. The number of alkyl halides is 2. The first-order valence-electron chi connectivity index (χ1n) is 5.60. The van der Waals surface area contributed by atoms with Crippen molar-refractivity contribution < 1.29 is 23.4 Å². The first kappa shape index (κ1) is 14.7. The van der Waals surface area contributed by atoms with Crippen LogP contribution in [0.15, 0.2) is 12.1 Å². The molecule has 1 atom stereocenters. The second-order valence-corrected chi connectivity index (χ2v) is 4.27. The maximum Gasteiger partial charge on any atom is 0.270 e. The van der Waals surface area contributed by atoms with Crippen LogP contribution in [0.3, 0.4) is 0 Å². The molecule has 0 bridgehead atoms. The van der Waals surface area contributed by atoms with Gasteiger partial charge in [0.2, 0.25) is 0 Å². The molecule has 0 amide bonds. The average molecular weight is 260 g/mol. The lowest BCUT2D eigenvalue weighted by molar-refractivity contribution is 0.0157. The molecule has 0 saturated carbocycles. The van der Waals surface area contributed by atoms with Gasteiger partial charge in [-0.05, 0) is 17.7 Å². The molecule has 1 N–H and O–H groups in total. The Labute approximate surface area is 105 Å². The van der Waals surface area contributed by atoms with Crippen molar-refractivity contribution in [3.05, 3.63) is 23.3 Å². The molecule has 0 fully saturated rings. The number of halogens is 2. The van der Waals surface area contributed by atoms with Crippen molar-refractivity contribution in [1.82, 2.24) is 0 Å². The van der Waals surface area contributed by atoms with Crippen LogP contribution in [-0.4, -0.2) is 25.9 Å². The number of rotatable bonds is 5. The van der Waals surface area contributed by atoms with Crippen molar-refractivity contribution in [2.45, 2.75) is 25.7 Å². The first-order chi connectivity index (χ1) is 8.35. The first-order valence-corrected chi connectivity index (χ1v) is 5.60. The molecule has 1 aromatic carbocycles. The molecular weight excluding hydrogens is 242 g/mol. The van der Waals surface area contributed by atoms with Gasteiger partial charge in [-0.15, -0.1) is 0 Å². The van der Waals surface area contributed by atoms with E-state index in [9.17, 15) is 8.78 Å². The van der Waals surface area contributed by atoms with Crippen LogP contribution >= 0.6 is 0 Å². The summed E-state index contributed by atoms with van der Waals surface area (Å²) in [5.41, 5.74) is 0.212. The second kappa shape index (κ2) is 5.52. The molecule has 3 nitrogen and oxygen atoms in total. The molecule has 0 spiro atoms. The van der Waals surface area contributed by atoms with Gasteiger partial charge in [0.15, 0.2) is 11.5 Å². The predicted octanol–water partition coefficient (Wildman–Crippen LogP) is 2.91. The van der Waals surface area contributed by atoms with E-state index in [-0.39, 0.29) is 17.9 Å². The molecule has 18 heavy (non-hydrogen) atoms. The number of aliphatic hydroxyl groups is 1. The smallest absolute Gasteiger partial charge is 0.270 e. The number of hydrogen-bond acceptors (Lipinski definition) is 3. The van der Waals surface area contributed by atoms with Gasteiger partial charge in [-0.3, -0.25) is 0 Å². The van der Waals surface area contributed by atoms with E-state index in [1.165, 1.54) is 26.4 Å². The summed E-state index contributed by atoms with van der Waals surface area (Å²) >= 11 is 0. The highest BCUT2D eigenvalue weighted by Gasteiger charge is 2.31. The monoisotopic (exact) mass is 260 g/mol. The molecule has 0 radical (unpaired) electrons. The molecule has 1 aromatic rings. The molecule has 5 heteroatoms. The number of methoxy groups -OCH3 is 2. The van der Waals surface area contributed by atoms with Gasteiger partial charge in [-0.25, -0.2) is 8.78 Å². The van der Waals surface area contributed by atoms with Crippen LogP contribution in [0, 0.1) is 0 Å². The van der Waals surface area contributed by atoms with Crippen molar-refractivity contribution in [3.8, 4) is 11.5 Å². The van der Waals surface area contributed by atoms with E-state index in [2.05, 4.69) is 0 Å². The molecule has 0 aromatic heterocycles. The van der Waals surface area contributed by atoms with Gasteiger partial charge in [0.05, 0.1) is 14.2 Å². The van der Waals surface area contributed by atoms with Crippen LogP contribution in [0.2, 0.25) is 0 Å². The Morgan fingerprint density at radius 3 is 2.11 bits per heavy atom. The number of benzene rings is 1. The van der Waals surface area contributed by atoms with E-state index < -0.39 is 11.8 Å². The Kier molecular flexibility index (Phi) is 4.51. The zero-order valence-electron chi connectivity index (χ0n) is 11.0. The Hall–Kier alpha value is -1.36. The van der Waals surface area contributed by atoms with Gasteiger partial charge in [0, 0.05) is 25.0 Å². The molecule has 1 unspecified atom stereocenters. The topological polar surface area (TPSA) is 38.7 Å². The standard InChI is InChI=1S/C13H18F2O3/c1-8(7-16)9-5-11(17-3)12(18-4)6-10(9)13(2,14)15/h5-6,8,16H,7H2,1-4H3. The van der Waals surface area contributed by atoms with Crippen molar-refractivity contribution in [1.29, 1.82) is 0 Å². The van der Waals surface area contributed by atoms with E-state index >= 15 is 0 Å². The third-order valence-corrected chi connectivity index (χ3v) is 2.83. The molecular formula is C13H18F2O3. The maximum absolute atomic E-state index is 13.6. The minimum absolute atomic E-state index is 0.151. The van der Waals surface area contributed by atoms with Crippen LogP contribution in [0.4, 0.5) is 8.78 Å². The van der Waals surface area contributed by atoms with Gasteiger partial charge < -0.3 is 14.6 Å². The third-order valence-electron chi connectivity index (χ3n) is 2.83. The summed E-state index contributed by atoms with van der Waals surface area (Å²) in [6.07, 6.45) is 0. The Morgan fingerprint density at radius 2 is 1.72 bits per heavy atom. The van der Waals surface area contributed by atoms with Gasteiger partial charge >= 0.3 is 0 Å². The lowest BCUT2D eigenvalue weighted by atomic mass is 9.92. The van der Waals surface area contributed by atoms with Crippen LogP contribution < -0.4 is 9.47 Å². The fourth-order valence-electron chi connectivity index (χ4n) is 1.78. The van der Waals surface area contributed by atoms with Crippen LogP contribution in [0.1, 0.15) is 30.9 Å². The summed E-state index contributed by atoms with van der Waals surface area (Å²) in [4.78, 5) is 0. The Balaban J connectivity index is 3.46. The fourth-order valence-corrected chi connectivity index (χ4v) is 1.78. The fraction of sp³-hybridized carbons (Fsp3) is 0.538. The zero-order chi connectivity index (χ0) is 13.9. The highest BCUT2D eigenvalue weighted by Crippen LogP contribution is 2.40. The molecule has 0 aliphatic heterocycles. The van der Waals surface area contributed by atoms with Gasteiger partial charge in [0.1, 0.15) is 0 Å². The summed E-state index contributed by atoms with van der Waals surface area (Å²) in [5, 5.41) is 9.15. The summed E-state index contributed by atoms with van der Waals surface area (Å²) in [7, 11) is 2.83. The lowest BCUT2D eigenvalue weighted by Crippen LogP contribution is -2.14. The molecule has 102 valence electrons. The van der Waals surface area contributed by atoms with Gasteiger partial charge in [-0.1, -0.05) is 6.92 Å². The minimum atomic E-state index is -3.00. The molecule has 0 heterocycles. The quantitative estimate of drug-likeness (QED) is 0.884. The highest BCUT2D eigenvalue weighted by atomic mass is 19.3. The largest absolute Gasteiger partial charge is 0.493 e. The maximum atomic E-state index is 13.6. The summed E-state index contributed by atoms with van der Waals surface area (Å²) in [6.45, 7) is 2.29. The van der Waals surface area contributed by atoms with E-state index in [0.29, 0.717) is 11.3 Å². The van der Waals surface area contributed by atoms with Crippen molar-refractivity contribution >= 4 is 0 Å². The number of ether oxygens (including phenoxy) is 2. The average Bonchev–Trinajstić information content (AvgIpc) is 2.34. The molecule has 0 aliphatic rings. The van der Waals surface area contributed by atoms with Crippen molar-refractivity contribution in [3.63, 3.8) is 0 Å². The molecule has 0 aliphatic carbocycles. The lowest BCUT2D eigenvalue weighted by Gasteiger charge is -2.21. The third kappa shape index (κ3) is 2.90.